The minimum atomic E-state index is 0.460. The summed E-state index contributed by atoms with van der Waals surface area (Å²) in [5.41, 5.74) is 7.67. The molecule has 1 aromatic carbocycles. The molecule has 3 rings (SSSR count). The average Bonchev–Trinajstić information content (AvgIpc) is 2.84. The van der Waals surface area contributed by atoms with Gasteiger partial charge in [0, 0.05) is 5.02 Å². The number of benzene rings is 1. The lowest BCUT2D eigenvalue weighted by Crippen LogP contribution is -2.03. The number of fused-ring (bicyclic) bond motifs is 1. The van der Waals surface area contributed by atoms with E-state index in [-0.39, 0.29) is 0 Å². The maximum Gasteiger partial charge on any atom is 0.201 e. The van der Waals surface area contributed by atoms with Crippen LogP contribution in [0.25, 0.3) is 11.0 Å². The number of anilines is 1. The van der Waals surface area contributed by atoms with Gasteiger partial charge in [0.15, 0.2) is 0 Å². The molecule has 0 bridgehead atoms. The molecule has 2 aromatic heterocycles. The van der Waals surface area contributed by atoms with Crippen LogP contribution in [0, 0.1) is 6.92 Å². The monoisotopic (exact) mass is 261 g/mol. The molecule has 0 saturated heterocycles. The number of nitrogens with two attached hydrogens (primary N) is 1. The summed E-state index contributed by atoms with van der Waals surface area (Å²) in [5, 5.41) is 0.654. The van der Waals surface area contributed by atoms with Gasteiger partial charge in [-0.1, -0.05) is 11.6 Å². The van der Waals surface area contributed by atoms with Crippen LogP contribution in [0.4, 0.5) is 5.95 Å². The molecular formula is C13H12ClN3O. The number of furan rings is 1. The van der Waals surface area contributed by atoms with Gasteiger partial charge in [0.25, 0.3) is 0 Å². The average molecular weight is 262 g/mol. The number of halogens is 1. The van der Waals surface area contributed by atoms with E-state index >= 15 is 0 Å². The third-order valence-electron chi connectivity index (χ3n) is 2.85. The van der Waals surface area contributed by atoms with Crippen molar-refractivity contribution in [1.29, 1.82) is 0 Å². The Morgan fingerprint density at radius 1 is 1.33 bits per heavy atom. The van der Waals surface area contributed by atoms with Crippen LogP contribution in [-0.2, 0) is 6.54 Å². The summed E-state index contributed by atoms with van der Waals surface area (Å²) in [6.07, 6.45) is 0. The van der Waals surface area contributed by atoms with Crippen molar-refractivity contribution in [3.63, 3.8) is 0 Å². The Balaban J connectivity index is 2.08. The van der Waals surface area contributed by atoms with E-state index in [2.05, 4.69) is 4.98 Å². The molecule has 2 N–H and O–H groups in total. The molecular weight excluding hydrogens is 250 g/mol. The quantitative estimate of drug-likeness (QED) is 0.771. The lowest BCUT2D eigenvalue weighted by atomic mass is 10.3. The van der Waals surface area contributed by atoms with Gasteiger partial charge in [0.2, 0.25) is 5.95 Å². The van der Waals surface area contributed by atoms with Crippen molar-refractivity contribution < 1.29 is 4.42 Å². The second-order valence-electron chi connectivity index (χ2n) is 4.20. The maximum absolute atomic E-state index is 5.94. The minimum absolute atomic E-state index is 0.460. The van der Waals surface area contributed by atoms with Gasteiger partial charge in [0.1, 0.15) is 11.5 Å². The van der Waals surface area contributed by atoms with Crippen molar-refractivity contribution in [1.82, 2.24) is 9.55 Å². The van der Waals surface area contributed by atoms with E-state index in [9.17, 15) is 0 Å². The van der Waals surface area contributed by atoms with E-state index in [0.29, 0.717) is 17.5 Å². The molecule has 5 heteroatoms. The molecule has 92 valence electrons. The van der Waals surface area contributed by atoms with E-state index in [0.717, 1.165) is 22.6 Å². The van der Waals surface area contributed by atoms with E-state index in [4.69, 9.17) is 21.8 Å². The Bertz CT molecular complexity index is 714. The van der Waals surface area contributed by atoms with Crippen molar-refractivity contribution in [2.24, 2.45) is 0 Å². The fourth-order valence-electron chi connectivity index (χ4n) is 2.01. The van der Waals surface area contributed by atoms with Gasteiger partial charge >= 0.3 is 0 Å². The first kappa shape index (κ1) is 11.2. The minimum Gasteiger partial charge on any atom is -0.464 e. The number of hydrogen-bond donors (Lipinski definition) is 1. The fourth-order valence-corrected chi connectivity index (χ4v) is 2.18. The fraction of sp³-hybridized carbons (Fsp3) is 0.154. The molecule has 0 atom stereocenters. The van der Waals surface area contributed by atoms with Gasteiger partial charge in [-0.05, 0) is 37.3 Å². The smallest absolute Gasteiger partial charge is 0.201 e. The van der Waals surface area contributed by atoms with Gasteiger partial charge in [0.05, 0.1) is 17.6 Å². The van der Waals surface area contributed by atoms with Crippen molar-refractivity contribution in [3.8, 4) is 0 Å². The van der Waals surface area contributed by atoms with Crippen LogP contribution in [-0.4, -0.2) is 9.55 Å². The second kappa shape index (κ2) is 4.07. The Morgan fingerprint density at radius 2 is 2.17 bits per heavy atom. The van der Waals surface area contributed by atoms with E-state index < -0.39 is 0 Å². The molecule has 18 heavy (non-hydrogen) atoms. The molecule has 4 nitrogen and oxygen atoms in total. The highest BCUT2D eigenvalue weighted by Gasteiger charge is 2.10. The summed E-state index contributed by atoms with van der Waals surface area (Å²) in [7, 11) is 0. The van der Waals surface area contributed by atoms with Gasteiger partial charge in [-0.3, -0.25) is 0 Å². The van der Waals surface area contributed by atoms with Gasteiger partial charge in [-0.2, -0.15) is 0 Å². The molecule has 0 aliphatic carbocycles. The molecule has 0 saturated carbocycles. The zero-order valence-electron chi connectivity index (χ0n) is 9.85. The highest BCUT2D eigenvalue weighted by Crippen LogP contribution is 2.23. The van der Waals surface area contributed by atoms with Crippen molar-refractivity contribution >= 4 is 28.6 Å². The molecule has 0 unspecified atom stereocenters. The number of hydrogen-bond acceptors (Lipinski definition) is 3. The SMILES string of the molecule is Cc1ccc(Cn2c(N)nc3cc(Cl)ccc32)o1. The molecule has 0 amide bonds. The molecule has 0 aliphatic rings. The van der Waals surface area contributed by atoms with Gasteiger partial charge in [-0.15, -0.1) is 0 Å². The maximum atomic E-state index is 5.94. The summed E-state index contributed by atoms with van der Waals surface area (Å²) in [4.78, 5) is 4.29. The van der Waals surface area contributed by atoms with Crippen molar-refractivity contribution in [2.75, 3.05) is 5.73 Å². The summed E-state index contributed by atoms with van der Waals surface area (Å²) in [5.74, 6) is 2.20. The van der Waals surface area contributed by atoms with Gasteiger partial charge < -0.3 is 14.7 Å². The molecule has 3 aromatic rings. The lowest BCUT2D eigenvalue weighted by Gasteiger charge is -2.03. The standard InChI is InChI=1S/C13H12ClN3O/c1-8-2-4-10(18-8)7-17-12-5-3-9(14)6-11(12)16-13(17)15/h2-6H,7H2,1H3,(H2,15,16). The largest absolute Gasteiger partial charge is 0.464 e. The molecule has 0 radical (unpaired) electrons. The number of nitrogen functional groups attached to an aromatic ring is 1. The number of imidazole rings is 1. The zero-order valence-corrected chi connectivity index (χ0v) is 10.6. The first-order chi connectivity index (χ1) is 8.63. The lowest BCUT2D eigenvalue weighted by molar-refractivity contribution is 0.473. The van der Waals surface area contributed by atoms with E-state index in [1.807, 2.05) is 35.8 Å². The zero-order chi connectivity index (χ0) is 12.7. The van der Waals surface area contributed by atoms with Crippen LogP contribution in [0.2, 0.25) is 5.02 Å². The van der Waals surface area contributed by atoms with Crippen LogP contribution in [0.15, 0.2) is 34.7 Å². The third-order valence-corrected chi connectivity index (χ3v) is 3.08. The predicted octanol–water partition coefficient (Wildman–Crippen LogP) is 3.22. The van der Waals surface area contributed by atoms with Crippen LogP contribution < -0.4 is 5.73 Å². The first-order valence-corrected chi connectivity index (χ1v) is 5.98. The summed E-state index contributed by atoms with van der Waals surface area (Å²) >= 11 is 5.94. The molecule has 2 heterocycles. The van der Waals surface area contributed by atoms with Crippen LogP contribution in [0.5, 0.6) is 0 Å². The van der Waals surface area contributed by atoms with Gasteiger partial charge in [-0.25, -0.2) is 4.98 Å². The second-order valence-corrected chi connectivity index (χ2v) is 4.64. The highest BCUT2D eigenvalue weighted by atomic mass is 35.5. The highest BCUT2D eigenvalue weighted by molar-refractivity contribution is 6.31. The van der Waals surface area contributed by atoms with Crippen LogP contribution in [0.1, 0.15) is 11.5 Å². The van der Waals surface area contributed by atoms with Crippen molar-refractivity contribution in [2.45, 2.75) is 13.5 Å². The Labute approximate surface area is 109 Å². The summed E-state index contributed by atoms with van der Waals surface area (Å²) in [6.45, 7) is 2.48. The van der Waals surface area contributed by atoms with Crippen LogP contribution >= 0.6 is 11.6 Å². The van der Waals surface area contributed by atoms with E-state index in [1.54, 1.807) is 6.07 Å². The number of rotatable bonds is 2. The van der Waals surface area contributed by atoms with Crippen LogP contribution in [0.3, 0.4) is 0 Å². The number of nitrogens with zero attached hydrogens (tertiary/aromatic N) is 2. The molecule has 0 spiro atoms. The Hall–Kier alpha value is -1.94. The van der Waals surface area contributed by atoms with Crippen molar-refractivity contribution in [3.05, 3.63) is 46.9 Å². The third kappa shape index (κ3) is 1.84. The summed E-state index contributed by atoms with van der Waals surface area (Å²) in [6, 6.07) is 9.42. The number of aryl methyl sites for hydroxylation is 1. The Morgan fingerprint density at radius 3 is 2.89 bits per heavy atom. The summed E-state index contributed by atoms with van der Waals surface area (Å²) < 4.78 is 7.46. The first-order valence-electron chi connectivity index (χ1n) is 5.60. The predicted molar refractivity (Wildman–Crippen MR) is 71.7 cm³/mol. The molecule has 0 aliphatic heterocycles. The Kier molecular flexibility index (Phi) is 2.52. The topological polar surface area (TPSA) is 57.0 Å². The number of aromatic nitrogens is 2. The molecule has 0 fully saturated rings. The normalized spacial score (nSPS) is 11.2. The van der Waals surface area contributed by atoms with E-state index in [1.165, 1.54) is 0 Å².